The fourth-order valence-corrected chi connectivity index (χ4v) is 1.67. The van der Waals surface area contributed by atoms with Crippen molar-refractivity contribution in [1.82, 2.24) is 9.55 Å². The van der Waals surface area contributed by atoms with E-state index in [0.717, 1.165) is 29.6 Å². The van der Waals surface area contributed by atoms with Crippen molar-refractivity contribution in [3.8, 4) is 5.75 Å². The van der Waals surface area contributed by atoms with Gasteiger partial charge in [0.1, 0.15) is 5.75 Å². The summed E-state index contributed by atoms with van der Waals surface area (Å²) in [5.74, 6) is 1.23. The minimum Gasteiger partial charge on any atom is -0.497 e. The molecule has 0 amide bonds. The molecule has 4 nitrogen and oxygen atoms in total. The summed E-state index contributed by atoms with van der Waals surface area (Å²) in [5, 5.41) is 0. The molecule has 0 radical (unpaired) electrons. The molecule has 15 heavy (non-hydrogen) atoms. The van der Waals surface area contributed by atoms with Gasteiger partial charge in [0.15, 0.2) is 12.1 Å². The van der Waals surface area contributed by atoms with Crippen LogP contribution in [0.2, 0.25) is 0 Å². The molecule has 0 unspecified atom stereocenters. The van der Waals surface area contributed by atoms with E-state index in [1.807, 2.05) is 29.7 Å². The summed E-state index contributed by atoms with van der Waals surface area (Å²) < 4.78 is 7.00. The topological polar surface area (TPSA) is 44.1 Å². The van der Waals surface area contributed by atoms with E-state index in [-0.39, 0.29) is 0 Å². The Hall–Kier alpha value is -1.84. The predicted molar refractivity (Wildman–Crippen MR) is 57.3 cm³/mol. The van der Waals surface area contributed by atoms with Gasteiger partial charge in [0.05, 0.1) is 18.1 Å². The Kier molecular flexibility index (Phi) is 2.41. The quantitative estimate of drug-likeness (QED) is 0.717. The minimum atomic E-state index is 0.459. The van der Waals surface area contributed by atoms with Gasteiger partial charge < -0.3 is 9.30 Å². The van der Waals surface area contributed by atoms with Gasteiger partial charge in [-0.05, 0) is 19.1 Å². The maximum Gasteiger partial charge on any atom is 0.185 e. The van der Waals surface area contributed by atoms with Crippen molar-refractivity contribution in [3.63, 3.8) is 0 Å². The van der Waals surface area contributed by atoms with Gasteiger partial charge in [-0.3, -0.25) is 4.79 Å². The molecule has 1 heterocycles. The fraction of sp³-hybridized carbons (Fsp3) is 0.273. The first-order valence-corrected chi connectivity index (χ1v) is 4.79. The smallest absolute Gasteiger partial charge is 0.185 e. The lowest BCUT2D eigenvalue weighted by atomic mass is 10.3. The highest BCUT2D eigenvalue weighted by Gasteiger charge is 2.08. The zero-order valence-corrected chi connectivity index (χ0v) is 8.73. The van der Waals surface area contributed by atoms with Gasteiger partial charge in [-0.15, -0.1) is 0 Å². The van der Waals surface area contributed by atoms with Crippen LogP contribution in [0.4, 0.5) is 0 Å². The predicted octanol–water partition coefficient (Wildman–Crippen LogP) is 1.88. The molecule has 0 aliphatic carbocycles. The van der Waals surface area contributed by atoms with Gasteiger partial charge in [0, 0.05) is 12.6 Å². The molecule has 0 atom stereocenters. The molecular formula is C11H12N2O2. The van der Waals surface area contributed by atoms with E-state index < -0.39 is 0 Å². The number of fused-ring (bicyclic) bond motifs is 1. The second-order valence-corrected chi connectivity index (χ2v) is 3.19. The SMILES string of the molecule is CCn1c(C=O)nc2ccc(OC)cc21. The first-order chi connectivity index (χ1) is 7.30. The standard InChI is InChI=1S/C11H12N2O2/c1-3-13-10-6-8(15-2)4-5-9(10)12-11(13)7-14/h4-7H,3H2,1-2H3. The average Bonchev–Trinajstić information content (AvgIpc) is 2.65. The summed E-state index contributed by atoms with van der Waals surface area (Å²) in [4.78, 5) is 15.0. The fourth-order valence-electron chi connectivity index (χ4n) is 1.67. The molecule has 0 aliphatic rings. The normalized spacial score (nSPS) is 10.5. The van der Waals surface area contributed by atoms with Crippen LogP contribution >= 0.6 is 0 Å². The molecule has 0 saturated carbocycles. The van der Waals surface area contributed by atoms with Gasteiger partial charge in [-0.1, -0.05) is 0 Å². The van der Waals surface area contributed by atoms with Crippen LogP contribution in [0.3, 0.4) is 0 Å². The first-order valence-electron chi connectivity index (χ1n) is 4.79. The molecule has 2 aromatic rings. The third kappa shape index (κ3) is 1.48. The Bertz CT molecular complexity index is 503. The number of hydrogen-bond donors (Lipinski definition) is 0. The van der Waals surface area contributed by atoms with Crippen LogP contribution in [0.5, 0.6) is 5.75 Å². The van der Waals surface area contributed by atoms with Crippen molar-refractivity contribution < 1.29 is 9.53 Å². The number of hydrogen-bond acceptors (Lipinski definition) is 3. The van der Waals surface area contributed by atoms with Crippen molar-refractivity contribution in [2.75, 3.05) is 7.11 Å². The average molecular weight is 204 g/mol. The lowest BCUT2D eigenvalue weighted by molar-refractivity contribution is 0.111. The number of aryl methyl sites for hydroxylation is 1. The lowest BCUT2D eigenvalue weighted by Crippen LogP contribution is -1.99. The Morgan fingerprint density at radius 1 is 1.53 bits per heavy atom. The van der Waals surface area contributed by atoms with Crippen LogP contribution in [0, 0.1) is 0 Å². The molecule has 78 valence electrons. The van der Waals surface area contributed by atoms with Crippen molar-refractivity contribution in [2.45, 2.75) is 13.5 Å². The summed E-state index contributed by atoms with van der Waals surface area (Å²) in [5.41, 5.74) is 1.75. The largest absolute Gasteiger partial charge is 0.497 e. The first kappa shape index (κ1) is 9.71. The Morgan fingerprint density at radius 2 is 2.33 bits per heavy atom. The third-order valence-electron chi connectivity index (χ3n) is 2.41. The lowest BCUT2D eigenvalue weighted by Gasteiger charge is -2.02. The molecule has 2 rings (SSSR count). The van der Waals surface area contributed by atoms with E-state index in [9.17, 15) is 4.79 Å². The van der Waals surface area contributed by atoms with Gasteiger partial charge in [-0.25, -0.2) is 4.98 Å². The van der Waals surface area contributed by atoms with Crippen molar-refractivity contribution in [2.24, 2.45) is 0 Å². The van der Waals surface area contributed by atoms with Gasteiger partial charge >= 0.3 is 0 Å². The molecule has 4 heteroatoms. The highest BCUT2D eigenvalue weighted by Crippen LogP contribution is 2.21. The molecular weight excluding hydrogens is 192 g/mol. The van der Waals surface area contributed by atoms with E-state index in [4.69, 9.17) is 4.74 Å². The second kappa shape index (κ2) is 3.73. The van der Waals surface area contributed by atoms with E-state index >= 15 is 0 Å². The van der Waals surface area contributed by atoms with Gasteiger partial charge in [0.2, 0.25) is 0 Å². The summed E-state index contributed by atoms with van der Waals surface area (Å²) in [6.07, 6.45) is 0.774. The highest BCUT2D eigenvalue weighted by molar-refractivity contribution is 5.84. The Labute approximate surface area is 87.5 Å². The number of aromatic nitrogens is 2. The summed E-state index contributed by atoms with van der Waals surface area (Å²) >= 11 is 0. The maximum absolute atomic E-state index is 10.8. The van der Waals surface area contributed by atoms with E-state index in [1.165, 1.54) is 0 Å². The zero-order valence-electron chi connectivity index (χ0n) is 8.73. The van der Waals surface area contributed by atoms with Gasteiger partial charge in [0.25, 0.3) is 0 Å². The number of benzene rings is 1. The van der Waals surface area contributed by atoms with Crippen LogP contribution in [0.15, 0.2) is 18.2 Å². The van der Waals surface area contributed by atoms with Crippen LogP contribution < -0.4 is 4.74 Å². The zero-order chi connectivity index (χ0) is 10.8. The highest BCUT2D eigenvalue weighted by atomic mass is 16.5. The molecule has 0 bridgehead atoms. The minimum absolute atomic E-state index is 0.459. The van der Waals surface area contributed by atoms with Crippen LogP contribution in [0.1, 0.15) is 17.5 Å². The number of rotatable bonds is 3. The van der Waals surface area contributed by atoms with Crippen LogP contribution in [-0.4, -0.2) is 22.9 Å². The number of methoxy groups -OCH3 is 1. The van der Waals surface area contributed by atoms with E-state index in [0.29, 0.717) is 5.82 Å². The number of carbonyl (C=O) groups excluding carboxylic acids is 1. The maximum atomic E-state index is 10.8. The number of imidazole rings is 1. The molecule has 0 N–H and O–H groups in total. The monoisotopic (exact) mass is 204 g/mol. The van der Waals surface area contributed by atoms with Crippen LogP contribution in [0.25, 0.3) is 11.0 Å². The molecule has 1 aromatic heterocycles. The summed E-state index contributed by atoms with van der Waals surface area (Å²) in [7, 11) is 1.62. The number of ether oxygens (including phenoxy) is 1. The molecule has 0 spiro atoms. The van der Waals surface area contributed by atoms with Crippen LogP contribution in [-0.2, 0) is 6.54 Å². The molecule has 1 aromatic carbocycles. The molecule has 0 saturated heterocycles. The van der Waals surface area contributed by atoms with Crippen molar-refractivity contribution in [1.29, 1.82) is 0 Å². The number of carbonyl (C=O) groups is 1. The molecule has 0 fully saturated rings. The summed E-state index contributed by atoms with van der Waals surface area (Å²) in [6.45, 7) is 2.70. The molecule has 0 aliphatic heterocycles. The van der Waals surface area contributed by atoms with Crippen molar-refractivity contribution >= 4 is 17.3 Å². The Morgan fingerprint density at radius 3 is 2.93 bits per heavy atom. The van der Waals surface area contributed by atoms with Crippen molar-refractivity contribution in [3.05, 3.63) is 24.0 Å². The van der Waals surface area contributed by atoms with Gasteiger partial charge in [-0.2, -0.15) is 0 Å². The second-order valence-electron chi connectivity index (χ2n) is 3.19. The van der Waals surface area contributed by atoms with E-state index in [1.54, 1.807) is 7.11 Å². The Balaban J connectivity index is 2.73. The van der Waals surface area contributed by atoms with E-state index in [2.05, 4.69) is 4.98 Å². The summed E-state index contributed by atoms with van der Waals surface area (Å²) in [6, 6.07) is 5.58. The third-order valence-corrected chi connectivity index (χ3v) is 2.41. The number of nitrogens with zero attached hydrogens (tertiary/aromatic N) is 2. The number of aldehydes is 1.